The van der Waals surface area contributed by atoms with Crippen molar-refractivity contribution in [1.29, 1.82) is 0 Å². The van der Waals surface area contributed by atoms with E-state index in [0.717, 1.165) is 0 Å². The van der Waals surface area contributed by atoms with E-state index in [2.05, 4.69) is 0 Å². The topological polar surface area (TPSA) is 80.7 Å². The Morgan fingerprint density at radius 1 is 1.31 bits per heavy atom. The lowest BCUT2D eigenvalue weighted by molar-refractivity contribution is 0.312. The summed E-state index contributed by atoms with van der Waals surface area (Å²) < 4.78 is 44.8. The average Bonchev–Trinajstić information content (AvgIpc) is 1.81. The summed E-state index contributed by atoms with van der Waals surface area (Å²) in [5, 5.41) is 0. The van der Waals surface area contributed by atoms with Crippen molar-refractivity contribution >= 4 is 17.5 Å². The van der Waals surface area contributed by atoms with Crippen molar-refractivity contribution in [1.82, 2.24) is 0 Å². The molecule has 0 aromatic rings. The van der Waals surface area contributed by atoms with Crippen LogP contribution in [0.1, 0.15) is 12.8 Å². The molecule has 5 nitrogen and oxygen atoms in total. The minimum absolute atomic E-state index is 0.264. The van der Waals surface area contributed by atoms with E-state index in [1.807, 2.05) is 0 Å². The van der Waals surface area contributed by atoms with Gasteiger partial charge in [-0.05, 0) is 12.8 Å². The number of hydrogen-bond acceptors (Lipinski definition) is 4. The molecule has 0 heterocycles. The van der Waals surface area contributed by atoms with Crippen molar-refractivity contribution < 1.29 is 22.1 Å². The number of rotatable bonds is 6. The normalized spacial score (nSPS) is 13.2. The molecule has 0 rings (SSSR count). The van der Waals surface area contributed by atoms with E-state index in [-0.39, 0.29) is 12.4 Å². The molecule has 7 heteroatoms. The first kappa shape index (κ1) is 13.1. The summed E-state index contributed by atoms with van der Waals surface area (Å²) in [5.41, 5.74) is 0. The largest absolute Gasteiger partial charge is 0.329 e. The zero-order chi connectivity index (χ0) is 10.5. The summed E-state index contributed by atoms with van der Waals surface area (Å²) in [6.07, 6.45) is 0.796. The fourth-order valence-electron chi connectivity index (χ4n) is 0.671. The highest BCUT2D eigenvalue weighted by atomic mass is 32.2. The summed E-state index contributed by atoms with van der Waals surface area (Å²) in [4.78, 5) is 0. The van der Waals surface area contributed by atoms with Gasteiger partial charge in [0.2, 0.25) is 0 Å². The Balaban J connectivity index is 3.44. The van der Waals surface area contributed by atoms with Crippen LogP contribution in [0.4, 0.5) is 0 Å². The standard InChI is InChI=1S/C6H15O5PS/c1-12(2,7)11-5-3-4-6-13(8,9)10/h3-6H2,1-2H3,(H,8,9,10). The smallest absolute Gasteiger partial charge is 0.264 e. The summed E-state index contributed by atoms with van der Waals surface area (Å²) in [6, 6.07) is 0. The molecule has 13 heavy (non-hydrogen) atoms. The monoisotopic (exact) mass is 230 g/mol. The lowest BCUT2D eigenvalue weighted by Crippen LogP contribution is -2.04. The van der Waals surface area contributed by atoms with E-state index in [4.69, 9.17) is 9.08 Å². The van der Waals surface area contributed by atoms with Gasteiger partial charge in [0.05, 0.1) is 12.4 Å². The van der Waals surface area contributed by atoms with Crippen molar-refractivity contribution in [2.24, 2.45) is 0 Å². The molecule has 0 fully saturated rings. The molecule has 0 bridgehead atoms. The highest BCUT2D eigenvalue weighted by molar-refractivity contribution is 7.85. The van der Waals surface area contributed by atoms with E-state index in [1.165, 1.54) is 13.3 Å². The van der Waals surface area contributed by atoms with Gasteiger partial charge in [-0.1, -0.05) is 0 Å². The molecule has 0 atom stereocenters. The molecule has 1 N–H and O–H groups in total. The summed E-state index contributed by atoms with van der Waals surface area (Å²) in [5.74, 6) is -0.270. The predicted octanol–water partition coefficient (Wildman–Crippen LogP) is 1.21. The highest BCUT2D eigenvalue weighted by Gasteiger charge is 2.07. The zero-order valence-corrected chi connectivity index (χ0v) is 9.48. The fraction of sp³-hybridized carbons (Fsp3) is 1.00. The lowest BCUT2D eigenvalue weighted by Gasteiger charge is -2.06. The maximum atomic E-state index is 11.0. The Labute approximate surface area is 78.7 Å². The lowest BCUT2D eigenvalue weighted by atomic mass is 10.4. The van der Waals surface area contributed by atoms with Crippen LogP contribution in [0, 0.1) is 0 Å². The van der Waals surface area contributed by atoms with E-state index in [9.17, 15) is 13.0 Å². The molecule has 0 radical (unpaired) electrons. The first-order valence-electron chi connectivity index (χ1n) is 3.85. The van der Waals surface area contributed by atoms with Gasteiger partial charge in [0.25, 0.3) is 10.1 Å². The van der Waals surface area contributed by atoms with Crippen molar-refractivity contribution in [2.75, 3.05) is 25.7 Å². The Morgan fingerprint density at radius 2 is 1.85 bits per heavy atom. The molecular formula is C6H15O5PS. The van der Waals surface area contributed by atoms with Crippen molar-refractivity contribution in [3.8, 4) is 0 Å². The van der Waals surface area contributed by atoms with E-state index >= 15 is 0 Å². The molecule has 0 aromatic carbocycles. The van der Waals surface area contributed by atoms with Gasteiger partial charge >= 0.3 is 0 Å². The van der Waals surface area contributed by atoms with E-state index < -0.39 is 17.5 Å². The third kappa shape index (κ3) is 12.1. The molecule has 0 aromatic heterocycles. The van der Waals surface area contributed by atoms with Crippen LogP contribution >= 0.6 is 7.37 Å². The first-order valence-corrected chi connectivity index (χ1v) is 7.98. The third-order valence-electron chi connectivity index (χ3n) is 1.20. The van der Waals surface area contributed by atoms with Crippen LogP contribution in [0.2, 0.25) is 0 Å². The summed E-state index contributed by atoms with van der Waals surface area (Å²) in [7, 11) is -6.32. The quantitative estimate of drug-likeness (QED) is 0.421. The van der Waals surface area contributed by atoms with Crippen LogP contribution in [-0.4, -0.2) is 38.7 Å². The number of hydrogen-bond donors (Lipinski definition) is 1. The summed E-state index contributed by atoms with van der Waals surface area (Å²) in [6.45, 7) is 3.26. The Hall–Kier alpha value is 0.1000. The molecule has 0 saturated heterocycles. The molecule has 0 spiro atoms. The van der Waals surface area contributed by atoms with Crippen LogP contribution in [-0.2, 0) is 19.2 Å². The zero-order valence-electron chi connectivity index (χ0n) is 7.76. The van der Waals surface area contributed by atoms with Gasteiger partial charge in [-0.3, -0.25) is 9.12 Å². The first-order chi connectivity index (χ1) is 5.71. The van der Waals surface area contributed by atoms with Crippen LogP contribution < -0.4 is 0 Å². The van der Waals surface area contributed by atoms with Crippen molar-refractivity contribution in [3.05, 3.63) is 0 Å². The van der Waals surface area contributed by atoms with Crippen molar-refractivity contribution in [2.45, 2.75) is 12.8 Å². The van der Waals surface area contributed by atoms with E-state index in [1.54, 1.807) is 0 Å². The van der Waals surface area contributed by atoms with Crippen LogP contribution in [0.5, 0.6) is 0 Å². The molecule has 0 unspecified atom stereocenters. The molecule has 0 amide bonds. The molecule has 0 saturated carbocycles. The van der Waals surface area contributed by atoms with Gasteiger partial charge in [0.15, 0.2) is 7.37 Å². The second-order valence-corrected chi connectivity index (χ2v) is 7.41. The van der Waals surface area contributed by atoms with Crippen LogP contribution in [0.3, 0.4) is 0 Å². The minimum Gasteiger partial charge on any atom is -0.329 e. The van der Waals surface area contributed by atoms with Crippen LogP contribution in [0.25, 0.3) is 0 Å². The fourth-order valence-corrected chi connectivity index (χ4v) is 1.81. The van der Waals surface area contributed by atoms with Gasteiger partial charge < -0.3 is 4.52 Å². The summed E-state index contributed by atoms with van der Waals surface area (Å²) >= 11 is 0. The van der Waals surface area contributed by atoms with Crippen LogP contribution in [0.15, 0.2) is 0 Å². The van der Waals surface area contributed by atoms with Gasteiger partial charge in [0, 0.05) is 13.3 Å². The second-order valence-electron chi connectivity index (χ2n) is 3.08. The second kappa shape index (κ2) is 5.10. The third-order valence-corrected chi connectivity index (χ3v) is 2.81. The van der Waals surface area contributed by atoms with Gasteiger partial charge in [-0.25, -0.2) is 0 Å². The van der Waals surface area contributed by atoms with Gasteiger partial charge in [-0.15, -0.1) is 0 Å². The van der Waals surface area contributed by atoms with E-state index in [0.29, 0.717) is 12.8 Å². The molecule has 0 aliphatic heterocycles. The Morgan fingerprint density at radius 3 is 2.23 bits per heavy atom. The number of unbranched alkanes of at least 4 members (excludes halogenated alkanes) is 1. The van der Waals surface area contributed by atoms with Crippen molar-refractivity contribution in [3.63, 3.8) is 0 Å². The molecule has 80 valence electrons. The Kier molecular flexibility index (Phi) is 5.14. The molecule has 0 aliphatic carbocycles. The predicted molar refractivity (Wildman–Crippen MR) is 51.1 cm³/mol. The SMILES string of the molecule is CP(C)(=O)OCCCCS(=O)(=O)O. The Bertz CT molecular complexity index is 277. The van der Waals surface area contributed by atoms with Gasteiger partial charge in [-0.2, -0.15) is 8.42 Å². The van der Waals surface area contributed by atoms with Gasteiger partial charge in [0.1, 0.15) is 0 Å². The molecular weight excluding hydrogens is 215 g/mol. The highest BCUT2D eigenvalue weighted by Crippen LogP contribution is 2.37. The maximum Gasteiger partial charge on any atom is 0.264 e. The maximum absolute atomic E-state index is 11.0. The average molecular weight is 230 g/mol. The minimum atomic E-state index is -3.86. The molecule has 0 aliphatic rings.